The van der Waals surface area contributed by atoms with Gasteiger partial charge in [-0.2, -0.15) is 0 Å². The number of carbonyl (C=O) groups is 3. The van der Waals surface area contributed by atoms with Crippen LogP contribution in [0.15, 0.2) is 0 Å². The first-order valence-corrected chi connectivity index (χ1v) is 12.0. The molecule has 0 aromatic rings. The molecular weight excluding hydrogens is 398 g/mol. The van der Waals surface area contributed by atoms with Crippen molar-refractivity contribution in [3.63, 3.8) is 0 Å². The molecule has 0 radical (unpaired) electrons. The molecule has 1 fully saturated rings. The molecule has 0 aliphatic heterocycles. The molecule has 0 aromatic heterocycles. The topological polar surface area (TPSA) is 102 Å². The van der Waals surface area contributed by atoms with Crippen LogP contribution in [-0.2, 0) is 19.1 Å². The summed E-state index contributed by atoms with van der Waals surface area (Å²) in [5.74, 6) is -0.645. The number of rotatable bonds is 13. The second-order valence-electron chi connectivity index (χ2n) is 9.81. The van der Waals surface area contributed by atoms with Crippen LogP contribution in [0, 0.1) is 23.7 Å². The fourth-order valence-electron chi connectivity index (χ4n) is 3.92. The van der Waals surface area contributed by atoms with Gasteiger partial charge >= 0.3 is 18.0 Å². The first kappa shape index (κ1) is 27.2. The van der Waals surface area contributed by atoms with Gasteiger partial charge in [-0.25, -0.2) is 4.79 Å². The Hall–Kier alpha value is -1.79. The minimum Gasteiger partial charge on any atom is -0.481 e. The first-order chi connectivity index (χ1) is 14.6. The van der Waals surface area contributed by atoms with E-state index in [0.717, 1.165) is 18.8 Å². The van der Waals surface area contributed by atoms with Crippen LogP contribution in [0.3, 0.4) is 0 Å². The van der Waals surface area contributed by atoms with Crippen LogP contribution in [0.5, 0.6) is 0 Å². The Labute approximate surface area is 187 Å². The summed E-state index contributed by atoms with van der Waals surface area (Å²) in [5.41, 5.74) is 0. The SMILES string of the molecule is CC(C)C(=O)O[C@@H](OC(=O)N[C@@H](CC[C@H](C)CCC1CCCCC1)CC(=O)O)C(C)C. The molecule has 1 aliphatic carbocycles. The molecule has 7 heteroatoms. The van der Waals surface area contributed by atoms with Gasteiger partial charge in [-0.1, -0.05) is 79.6 Å². The van der Waals surface area contributed by atoms with E-state index < -0.39 is 30.4 Å². The molecule has 0 saturated heterocycles. The number of alkyl carbamates (subject to hydrolysis) is 1. The Kier molecular flexibility index (Phi) is 12.6. The lowest BCUT2D eigenvalue weighted by atomic mass is 9.83. The zero-order valence-electron chi connectivity index (χ0n) is 20.0. The molecule has 1 saturated carbocycles. The van der Waals surface area contributed by atoms with E-state index >= 15 is 0 Å². The number of carboxylic acid groups (broad SMARTS) is 1. The van der Waals surface area contributed by atoms with Crippen molar-refractivity contribution in [3.05, 3.63) is 0 Å². The summed E-state index contributed by atoms with van der Waals surface area (Å²) in [6.45, 7) is 9.18. The third-order valence-corrected chi connectivity index (χ3v) is 6.01. The van der Waals surface area contributed by atoms with Crippen molar-refractivity contribution >= 4 is 18.0 Å². The molecule has 0 bridgehead atoms. The second kappa shape index (κ2) is 14.3. The van der Waals surface area contributed by atoms with Crippen molar-refractivity contribution in [2.24, 2.45) is 23.7 Å². The summed E-state index contributed by atoms with van der Waals surface area (Å²) in [6, 6.07) is -0.518. The predicted molar refractivity (Wildman–Crippen MR) is 119 cm³/mol. The fourth-order valence-corrected chi connectivity index (χ4v) is 3.92. The van der Waals surface area contributed by atoms with Crippen LogP contribution in [0.25, 0.3) is 0 Å². The summed E-state index contributed by atoms with van der Waals surface area (Å²) in [5, 5.41) is 11.9. The van der Waals surface area contributed by atoms with Crippen LogP contribution >= 0.6 is 0 Å². The minimum atomic E-state index is -1.00. The highest BCUT2D eigenvalue weighted by Crippen LogP contribution is 2.29. The molecule has 31 heavy (non-hydrogen) atoms. The first-order valence-electron chi connectivity index (χ1n) is 12.0. The molecular formula is C24H43NO6. The van der Waals surface area contributed by atoms with E-state index in [2.05, 4.69) is 12.2 Å². The third-order valence-electron chi connectivity index (χ3n) is 6.01. The lowest BCUT2D eigenvalue weighted by molar-refractivity contribution is -0.178. The average molecular weight is 442 g/mol. The highest BCUT2D eigenvalue weighted by atomic mass is 16.7. The second-order valence-corrected chi connectivity index (χ2v) is 9.81. The number of hydrogen-bond acceptors (Lipinski definition) is 5. The van der Waals surface area contributed by atoms with Gasteiger partial charge in [0.25, 0.3) is 6.29 Å². The standard InChI is InChI=1S/C24H43NO6/c1-16(2)22(28)30-23(17(3)4)31-24(29)25-20(15-21(26)27)14-12-18(5)11-13-19-9-7-6-8-10-19/h16-20,23H,6-15H2,1-5H3,(H,25,29)(H,26,27)/t18-,20+,23+/m1/s1. The molecule has 1 aliphatic rings. The van der Waals surface area contributed by atoms with Gasteiger partial charge in [-0.05, 0) is 24.7 Å². The molecule has 0 heterocycles. The van der Waals surface area contributed by atoms with Gasteiger partial charge in [0, 0.05) is 12.0 Å². The van der Waals surface area contributed by atoms with E-state index in [1.807, 2.05) is 0 Å². The predicted octanol–water partition coefficient (Wildman–Crippen LogP) is 5.51. The van der Waals surface area contributed by atoms with E-state index in [1.54, 1.807) is 27.7 Å². The Balaban J connectivity index is 2.50. The van der Waals surface area contributed by atoms with Crippen LogP contribution in [0.2, 0.25) is 0 Å². The van der Waals surface area contributed by atoms with Gasteiger partial charge in [-0.15, -0.1) is 0 Å². The fraction of sp³-hybridized carbons (Fsp3) is 0.875. The van der Waals surface area contributed by atoms with Gasteiger partial charge in [0.2, 0.25) is 0 Å². The van der Waals surface area contributed by atoms with E-state index in [0.29, 0.717) is 12.3 Å². The van der Waals surface area contributed by atoms with Crippen molar-refractivity contribution in [2.45, 2.75) is 111 Å². The largest absolute Gasteiger partial charge is 0.481 e. The lowest BCUT2D eigenvalue weighted by Crippen LogP contribution is -2.41. The lowest BCUT2D eigenvalue weighted by Gasteiger charge is -2.25. The Morgan fingerprint density at radius 1 is 0.935 bits per heavy atom. The summed E-state index contributed by atoms with van der Waals surface area (Å²) < 4.78 is 10.5. The van der Waals surface area contributed by atoms with E-state index in [9.17, 15) is 19.5 Å². The van der Waals surface area contributed by atoms with E-state index in [4.69, 9.17) is 9.47 Å². The zero-order chi connectivity index (χ0) is 23.4. The summed E-state index contributed by atoms with van der Waals surface area (Å²) in [6.07, 6.45) is 8.58. The van der Waals surface area contributed by atoms with Crippen molar-refractivity contribution in [1.29, 1.82) is 0 Å². The normalized spacial score (nSPS) is 17.8. The van der Waals surface area contributed by atoms with Gasteiger partial charge in [0.05, 0.1) is 12.3 Å². The van der Waals surface area contributed by atoms with Crippen LogP contribution < -0.4 is 5.32 Å². The quantitative estimate of drug-likeness (QED) is 0.288. The van der Waals surface area contributed by atoms with E-state index in [-0.39, 0.29) is 18.3 Å². The Bertz CT molecular complexity index is 556. The zero-order valence-corrected chi connectivity index (χ0v) is 20.0. The molecule has 2 N–H and O–H groups in total. The number of nitrogens with one attached hydrogen (secondary N) is 1. The summed E-state index contributed by atoms with van der Waals surface area (Å²) in [7, 11) is 0. The maximum absolute atomic E-state index is 12.4. The number of hydrogen-bond donors (Lipinski definition) is 2. The molecule has 0 aromatic carbocycles. The molecule has 1 amide bonds. The summed E-state index contributed by atoms with van der Waals surface area (Å²) >= 11 is 0. The highest BCUT2D eigenvalue weighted by Gasteiger charge is 2.26. The van der Waals surface area contributed by atoms with Crippen molar-refractivity contribution < 1.29 is 29.0 Å². The van der Waals surface area contributed by atoms with Crippen molar-refractivity contribution in [3.8, 4) is 0 Å². The number of aliphatic carboxylic acids is 1. The number of esters is 1. The van der Waals surface area contributed by atoms with Crippen LogP contribution in [-0.4, -0.2) is 35.5 Å². The minimum absolute atomic E-state index is 0.164. The van der Waals surface area contributed by atoms with Crippen molar-refractivity contribution in [2.75, 3.05) is 0 Å². The Morgan fingerprint density at radius 3 is 2.13 bits per heavy atom. The van der Waals surface area contributed by atoms with Gasteiger partial charge in [-0.3, -0.25) is 9.59 Å². The molecule has 0 spiro atoms. The van der Waals surface area contributed by atoms with Gasteiger partial charge in [0.15, 0.2) is 0 Å². The third kappa shape index (κ3) is 12.0. The number of amides is 1. The van der Waals surface area contributed by atoms with Gasteiger partial charge < -0.3 is 19.9 Å². The maximum Gasteiger partial charge on any atom is 0.410 e. The van der Waals surface area contributed by atoms with Crippen LogP contribution in [0.4, 0.5) is 4.79 Å². The monoisotopic (exact) mass is 441 g/mol. The van der Waals surface area contributed by atoms with Crippen LogP contribution in [0.1, 0.15) is 98.8 Å². The molecule has 1 rings (SSSR count). The molecule has 180 valence electrons. The van der Waals surface area contributed by atoms with Crippen molar-refractivity contribution in [1.82, 2.24) is 5.32 Å². The molecule has 0 unspecified atom stereocenters. The maximum atomic E-state index is 12.4. The number of ether oxygens (including phenoxy) is 2. The van der Waals surface area contributed by atoms with E-state index in [1.165, 1.54) is 38.5 Å². The average Bonchev–Trinajstić information content (AvgIpc) is 2.70. The van der Waals surface area contributed by atoms with Gasteiger partial charge in [0.1, 0.15) is 0 Å². The number of carboxylic acids is 1. The smallest absolute Gasteiger partial charge is 0.410 e. The molecule has 3 atom stereocenters. The summed E-state index contributed by atoms with van der Waals surface area (Å²) in [4.78, 5) is 35.5. The molecule has 7 nitrogen and oxygen atoms in total. The Morgan fingerprint density at radius 2 is 1.58 bits per heavy atom. The highest BCUT2D eigenvalue weighted by molar-refractivity contribution is 5.73. The number of carbonyl (C=O) groups excluding carboxylic acids is 2.